The van der Waals surface area contributed by atoms with E-state index < -0.39 is 0 Å². The number of carbonyl (C=O) groups excluding carboxylic acids is 1. The third kappa shape index (κ3) is 3.28. The van der Waals surface area contributed by atoms with Crippen molar-refractivity contribution < 1.29 is 4.79 Å². The Kier molecular flexibility index (Phi) is 4.24. The maximum absolute atomic E-state index is 12.5. The van der Waals surface area contributed by atoms with Crippen molar-refractivity contribution >= 4 is 34.1 Å². The number of pyridine rings is 2. The summed E-state index contributed by atoms with van der Waals surface area (Å²) in [7, 11) is 0. The number of carbonyl (C=O) groups is 1. The van der Waals surface area contributed by atoms with Gasteiger partial charge in [0.25, 0.3) is 5.91 Å². The molecule has 1 saturated heterocycles. The number of benzene rings is 1. The van der Waals surface area contributed by atoms with Crippen molar-refractivity contribution in [1.82, 2.24) is 14.9 Å². The second-order valence-electron chi connectivity index (χ2n) is 6.12. The van der Waals surface area contributed by atoms with E-state index in [-0.39, 0.29) is 11.9 Å². The van der Waals surface area contributed by atoms with Gasteiger partial charge in [-0.05, 0) is 42.8 Å². The molecule has 1 amide bonds. The van der Waals surface area contributed by atoms with E-state index >= 15 is 0 Å². The summed E-state index contributed by atoms with van der Waals surface area (Å²) in [5.74, 6) is -0.0173. The molecule has 0 bridgehead atoms. The Morgan fingerprint density at radius 1 is 1.16 bits per heavy atom. The van der Waals surface area contributed by atoms with Crippen LogP contribution in [0.4, 0.5) is 5.69 Å². The highest BCUT2D eigenvalue weighted by atomic mass is 35.5. The van der Waals surface area contributed by atoms with Gasteiger partial charge in [-0.15, -0.1) is 0 Å². The monoisotopic (exact) mass is 352 g/mol. The minimum absolute atomic E-state index is 0.0173. The molecule has 0 aliphatic carbocycles. The van der Waals surface area contributed by atoms with E-state index in [4.69, 9.17) is 11.6 Å². The fraction of sp³-hybridized carbons (Fsp3) is 0.211. The molecule has 1 fully saturated rings. The van der Waals surface area contributed by atoms with Crippen LogP contribution < -0.4 is 5.32 Å². The Labute approximate surface area is 150 Å². The van der Waals surface area contributed by atoms with Gasteiger partial charge >= 0.3 is 0 Å². The number of aromatic nitrogens is 2. The summed E-state index contributed by atoms with van der Waals surface area (Å²) < 4.78 is 0. The molecular weight excluding hydrogens is 336 g/mol. The highest BCUT2D eigenvalue weighted by Crippen LogP contribution is 2.26. The molecule has 1 N–H and O–H groups in total. The van der Waals surface area contributed by atoms with Gasteiger partial charge in [-0.1, -0.05) is 17.7 Å². The zero-order valence-corrected chi connectivity index (χ0v) is 14.3. The topological polar surface area (TPSA) is 58.1 Å². The number of amides is 1. The van der Waals surface area contributed by atoms with Gasteiger partial charge in [0.15, 0.2) is 0 Å². The number of nitrogens with one attached hydrogen (secondary N) is 1. The molecule has 1 atom stereocenters. The first-order chi connectivity index (χ1) is 12.2. The molecule has 0 spiro atoms. The van der Waals surface area contributed by atoms with Crippen LogP contribution in [0.25, 0.3) is 10.9 Å². The standard InChI is InChI=1S/C19H17ClN4O/c20-13-4-5-15-16(6-9-22-18(15)11-13)23-14-7-10-24(12-14)19(25)17-3-1-2-8-21-17/h1-6,8-9,11,14H,7,10,12H2,(H,22,23). The lowest BCUT2D eigenvalue weighted by Gasteiger charge is -2.18. The second-order valence-corrected chi connectivity index (χ2v) is 6.55. The largest absolute Gasteiger partial charge is 0.380 e. The number of fused-ring (bicyclic) bond motifs is 1. The molecule has 3 aromatic rings. The maximum Gasteiger partial charge on any atom is 0.272 e. The van der Waals surface area contributed by atoms with Crippen LogP contribution in [0.15, 0.2) is 54.9 Å². The normalized spacial score (nSPS) is 17.0. The Hall–Kier alpha value is -2.66. The quantitative estimate of drug-likeness (QED) is 0.782. The van der Waals surface area contributed by atoms with Crippen LogP contribution in [-0.2, 0) is 0 Å². The van der Waals surface area contributed by atoms with E-state index in [1.807, 2.05) is 41.3 Å². The smallest absolute Gasteiger partial charge is 0.272 e. The number of halogens is 1. The predicted octanol–water partition coefficient (Wildman–Crippen LogP) is 3.61. The molecule has 1 unspecified atom stereocenters. The summed E-state index contributed by atoms with van der Waals surface area (Å²) in [6.45, 7) is 1.38. The average molecular weight is 353 g/mol. The van der Waals surface area contributed by atoms with Gasteiger partial charge < -0.3 is 10.2 Å². The zero-order valence-electron chi connectivity index (χ0n) is 13.5. The number of hydrogen-bond donors (Lipinski definition) is 1. The molecule has 6 heteroatoms. The van der Waals surface area contributed by atoms with Crippen LogP contribution in [0.5, 0.6) is 0 Å². The minimum Gasteiger partial charge on any atom is -0.380 e. The fourth-order valence-corrected chi connectivity index (χ4v) is 3.35. The molecular formula is C19H17ClN4O. The zero-order chi connectivity index (χ0) is 17.2. The highest BCUT2D eigenvalue weighted by molar-refractivity contribution is 6.31. The minimum atomic E-state index is -0.0173. The average Bonchev–Trinajstić information content (AvgIpc) is 3.10. The number of anilines is 1. The van der Waals surface area contributed by atoms with Crippen molar-refractivity contribution in [2.24, 2.45) is 0 Å². The first-order valence-corrected chi connectivity index (χ1v) is 8.59. The Morgan fingerprint density at radius 3 is 2.92 bits per heavy atom. The van der Waals surface area contributed by atoms with Gasteiger partial charge in [-0.3, -0.25) is 14.8 Å². The summed E-state index contributed by atoms with van der Waals surface area (Å²) in [6, 6.07) is 13.2. The Morgan fingerprint density at radius 2 is 2.08 bits per heavy atom. The van der Waals surface area contributed by atoms with Crippen LogP contribution in [0.3, 0.4) is 0 Å². The molecule has 0 radical (unpaired) electrons. The van der Waals surface area contributed by atoms with E-state index in [2.05, 4.69) is 15.3 Å². The highest BCUT2D eigenvalue weighted by Gasteiger charge is 2.27. The third-order valence-corrected chi connectivity index (χ3v) is 4.66. The van der Waals surface area contributed by atoms with Gasteiger partial charge in [0.1, 0.15) is 5.69 Å². The molecule has 126 valence electrons. The number of hydrogen-bond acceptors (Lipinski definition) is 4. The Balaban J connectivity index is 1.49. The lowest BCUT2D eigenvalue weighted by Crippen LogP contribution is -2.32. The van der Waals surface area contributed by atoms with Crippen LogP contribution in [0, 0.1) is 0 Å². The Bertz CT molecular complexity index is 916. The molecule has 5 nitrogen and oxygen atoms in total. The van der Waals surface area contributed by atoms with Crippen molar-refractivity contribution in [2.75, 3.05) is 18.4 Å². The lowest BCUT2D eigenvalue weighted by atomic mass is 10.1. The SMILES string of the molecule is O=C(c1ccccn1)N1CCC(Nc2ccnc3cc(Cl)ccc23)C1. The molecule has 2 aromatic heterocycles. The van der Waals surface area contributed by atoms with Gasteiger partial charge in [-0.25, -0.2) is 0 Å². The summed E-state index contributed by atoms with van der Waals surface area (Å²) in [4.78, 5) is 22.9. The number of rotatable bonds is 3. The lowest BCUT2D eigenvalue weighted by molar-refractivity contribution is 0.0786. The van der Waals surface area contributed by atoms with Crippen molar-refractivity contribution in [3.8, 4) is 0 Å². The van der Waals surface area contributed by atoms with Crippen LogP contribution in [0.2, 0.25) is 5.02 Å². The van der Waals surface area contributed by atoms with Crippen molar-refractivity contribution in [3.63, 3.8) is 0 Å². The molecule has 1 aromatic carbocycles. The molecule has 25 heavy (non-hydrogen) atoms. The predicted molar refractivity (Wildman–Crippen MR) is 98.9 cm³/mol. The first-order valence-electron chi connectivity index (χ1n) is 8.22. The van der Waals surface area contributed by atoms with E-state index in [1.54, 1.807) is 18.5 Å². The van der Waals surface area contributed by atoms with Crippen molar-refractivity contribution in [3.05, 3.63) is 65.6 Å². The molecule has 0 saturated carbocycles. The molecule has 4 rings (SSSR count). The third-order valence-electron chi connectivity index (χ3n) is 4.42. The summed E-state index contributed by atoms with van der Waals surface area (Å²) in [5, 5.41) is 5.24. The van der Waals surface area contributed by atoms with Gasteiger partial charge in [0, 0.05) is 47.6 Å². The maximum atomic E-state index is 12.5. The second kappa shape index (κ2) is 6.69. The number of likely N-dealkylation sites (tertiary alicyclic amines) is 1. The van der Waals surface area contributed by atoms with E-state index in [0.29, 0.717) is 17.3 Å². The summed E-state index contributed by atoms with van der Waals surface area (Å²) in [5.41, 5.74) is 2.36. The molecule has 3 heterocycles. The molecule has 1 aliphatic rings. The van der Waals surface area contributed by atoms with E-state index in [1.165, 1.54) is 0 Å². The van der Waals surface area contributed by atoms with Crippen molar-refractivity contribution in [2.45, 2.75) is 12.5 Å². The van der Waals surface area contributed by atoms with E-state index in [0.717, 1.165) is 29.6 Å². The van der Waals surface area contributed by atoms with E-state index in [9.17, 15) is 4.79 Å². The van der Waals surface area contributed by atoms with Crippen LogP contribution in [-0.4, -0.2) is 39.9 Å². The van der Waals surface area contributed by atoms with Gasteiger partial charge in [0.2, 0.25) is 0 Å². The first kappa shape index (κ1) is 15.8. The molecule has 1 aliphatic heterocycles. The fourth-order valence-electron chi connectivity index (χ4n) is 3.18. The number of nitrogens with zero attached hydrogens (tertiary/aromatic N) is 3. The van der Waals surface area contributed by atoms with Gasteiger partial charge in [0.05, 0.1) is 5.52 Å². The van der Waals surface area contributed by atoms with Crippen molar-refractivity contribution in [1.29, 1.82) is 0 Å². The van der Waals surface area contributed by atoms with Crippen LogP contribution in [0.1, 0.15) is 16.9 Å². The van der Waals surface area contributed by atoms with Gasteiger partial charge in [-0.2, -0.15) is 0 Å². The summed E-state index contributed by atoms with van der Waals surface area (Å²) in [6.07, 6.45) is 4.32. The van der Waals surface area contributed by atoms with Crippen LogP contribution >= 0.6 is 11.6 Å². The summed E-state index contributed by atoms with van der Waals surface area (Å²) >= 11 is 6.04.